The van der Waals surface area contributed by atoms with Gasteiger partial charge in [-0.2, -0.15) is 0 Å². The number of nitrogens with one attached hydrogen (secondary N) is 1. The monoisotopic (exact) mass is 376 g/mol. The molecule has 1 aromatic carbocycles. The summed E-state index contributed by atoms with van der Waals surface area (Å²) in [6.45, 7) is 0. The Labute approximate surface area is 154 Å². The van der Waals surface area contributed by atoms with E-state index in [1.165, 1.54) is 49.2 Å². The van der Waals surface area contributed by atoms with Crippen molar-refractivity contribution in [2.75, 3.05) is 11.1 Å². The van der Waals surface area contributed by atoms with Gasteiger partial charge < -0.3 is 9.73 Å². The summed E-state index contributed by atoms with van der Waals surface area (Å²) in [7, 11) is 0. The zero-order valence-electron chi connectivity index (χ0n) is 14.2. The first-order chi connectivity index (χ1) is 12.6. The molecule has 1 heterocycles. The number of nitrogens with zero attached hydrogens (tertiary/aromatic N) is 3. The molecule has 2 aromatic rings. The van der Waals surface area contributed by atoms with Crippen LogP contribution in [0, 0.1) is 10.1 Å². The van der Waals surface area contributed by atoms with E-state index in [1.54, 1.807) is 6.07 Å². The molecule has 1 aliphatic carbocycles. The molecule has 26 heavy (non-hydrogen) atoms. The van der Waals surface area contributed by atoms with Crippen molar-refractivity contribution < 1.29 is 14.1 Å². The average Bonchev–Trinajstić information content (AvgIpc) is 3.11. The second-order valence-corrected chi connectivity index (χ2v) is 7.24. The summed E-state index contributed by atoms with van der Waals surface area (Å²) in [5, 5.41) is 22.1. The highest BCUT2D eigenvalue weighted by atomic mass is 32.2. The van der Waals surface area contributed by atoms with Crippen LogP contribution in [0.15, 0.2) is 33.9 Å². The van der Waals surface area contributed by atoms with Crippen LogP contribution in [0.4, 0.5) is 11.4 Å². The molecule has 1 saturated carbocycles. The molecule has 0 radical (unpaired) electrons. The highest BCUT2D eigenvalue weighted by Gasteiger charge is 2.21. The number of non-ortho nitro benzene ring substituents is 1. The molecule has 0 unspecified atom stereocenters. The highest BCUT2D eigenvalue weighted by molar-refractivity contribution is 7.99. The molecule has 138 valence electrons. The molecule has 1 N–H and O–H groups in total. The van der Waals surface area contributed by atoms with Crippen molar-refractivity contribution in [3.63, 3.8) is 0 Å². The predicted molar refractivity (Wildman–Crippen MR) is 97.2 cm³/mol. The number of hydrogen-bond acceptors (Lipinski definition) is 7. The summed E-state index contributed by atoms with van der Waals surface area (Å²) in [5.41, 5.74) is 0.352. The molecular formula is C17H20N4O4S. The van der Waals surface area contributed by atoms with Crippen molar-refractivity contribution in [1.82, 2.24) is 10.2 Å². The number of thioether (sulfide) groups is 1. The number of rotatable bonds is 7. The molecular weight excluding hydrogens is 356 g/mol. The van der Waals surface area contributed by atoms with Crippen molar-refractivity contribution in [2.24, 2.45) is 0 Å². The van der Waals surface area contributed by atoms with Gasteiger partial charge in [-0.1, -0.05) is 37.1 Å². The number of amides is 1. The average molecular weight is 376 g/mol. The zero-order chi connectivity index (χ0) is 18.4. The number of nitro groups is 1. The van der Waals surface area contributed by atoms with E-state index in [-0.39, 0.29) is 18.0 Å². The summed E-state index contributed by atoms with van der Waals surface area (Å²) < 4.78 is 5.70. The molecule has 8 nitrogen and oxygen atoms in total. The van der Waals surface area contributed by atoms with Crippen molar-refractivity contribution in [1.29, 1.82) is 0 Å². The third-order valence-electron chi connectivity index (χ3n) is 4.27. The van der Waals surface area contributed by atoms with Crippen LogP contribution in [0.5, 0.6) is 0 Å². The Hall–Kier alpha value is -2.42. The normalized spacial score (nSPS) is 14.9. The molecule has 0 saturated heterocycles. The minimum Gasteiger partial charge on any atom is -0.416 e. The van der Waals surface area contributed by atoms with Gasteiger partial charge >= 0.3 is 0 Å². The second kappa shape index (κ2) is 8.79. The summed E-state index contributed by atoms with van der Waals surface area (Å²) in [5.74, 6) is 1.34. The van der Waals surface area contributed by atoms with E-state index in [0.717, 1.165) is 12.8 Å². The number of hydrogen-bond donors (Lipinski definition) is 1. The van der Waals surface area contributed by atoms with E-state index in [4.69, 9.17) is 4.42 Å². The van der Waals surface area contributed by atoms with Gasteiger partial charge in [0.25, 0.3) is 10.9 Å². The fourth-order valence-corrected chi connectivity index (χ4v) is 3.65. The Kier molecular flexibility index (Phi) is 6.21. The van der Waals surface area contributed by atoms with Crippen molar-refractivity contribution in [3.05, 3.63) is 40.3 Å². The first-order valence-electron chi connectivity index (χ1n) is 8.62. The second-order valence-electron chi connectivity index (χ2n) is 6.20. The highest BCUT2D eigenvalue weighted by Crippen LogP contribution is 2.33. The summed E-state index contributed by atoms with van der Waals surface area (Å²) in [6, 6.07) is 5.87. The largest absolute Gasteiger partial charge is 0.416 e. The minimum absolute atomic E-state index is 0.0572. The van der Waals surface area contributed by atoms with E-state index in [0.29, 0.717) is 28.5 Å². The molecule has 1 aliphatic rings. The molecule has 0 aliphatic heterocycles. The molecule has 0 atom stereocenters. The van der Waals surface area contributed by atoms with E-state index in [9.17, 15) is 14.9 Å². The standard InChI is InChI=1S/C17H20N4O4S/c22-15(18-13-7-4-8-14(11-13)21(23)24)9-10-26-17-20-19-16(25-17)12-5-2-1-3-6-12/h4,7-8,11-12H,1-3,5-6,9-10H2,(H,18,22). The van der Waals surface area contributed by atoms with Crippen molar-refractivity contribution in [3.8, 4) is 0 Å². The quantitative estimate of drug-likeness (QED) is 0.439. The Morgan fingerprint density at radius 1 is 1.31 bits per heavy atom. The zero-order valence-corrected chi connectivity index (χ0v) is 15.0. The minimum atomic E-state index is -0.495. The maximum atomic E-state index is 12.0. The lowest BCUT2D eigenvalue weighted by Crippen LogP contribution is -2.12. The topological polar surface area (TPSA) is 111 Å². The lowest BCUT2D eigenvalue weighted by molar-refractivity contribution is -0.384. The lowest BCUT2D eigenvalue weighted by atomic mass is 9.89. The number of aromatic nitrogens is 2. The van der Waals surface area contributed by atoms with E-state index in [2.05, 4.69) is 15.5 Å². The maximum Gasteiger partial charge on any atom is 0.276 e. The molecule has 1 aromatic heterocycles. The summed E-state index contributed by atoms with van der Waals surface area (Å²) in [4.78, 5) is 22.2. The van der Waals surface area contributed by atoms with Gasteiger partial charge in [0.2, 0.25) is 11.8 Å². The van der Waals surface area contributed by atoms with Crippen molar-refractivity contribution >= 4 is 29.0 Å². The molecule has 0 spiro atoms. The van der Waals surface area contributed by atoms with Crippen LogP contribution in [-0.4, -0.2) is 26.8 Å². The molecule has 3 rings (SSSR count). The Morgan fingerprint density at radius 2 is 2.12 bits per heavy atom. The maximum absolute atomic E-state index is 12.0. The fourth-order valence-electron chi connectivity index (χ4n) is 2.94. The third kappa shape index (κ3) is 5.04. The van der Waals surface area contributed by atoms with Gasteiger partial charge in [0, 0.05) is 35.9 Å². The predicted octanol–water partition coefficient (Wildman–Crippen LogP) is 4.15. The van der Waals surface area contributed by atoms with E-state index >= 15 is 0 Å². The molecule has 1 fully saturated rings. The van der Waals surface area contributed by atoms with Crippen LogP contribution in [0.3, 0.4) is 0 Å². The number of anilines is 1. The number of benzene rings is 1. The van der Waals surface area contributed by atoms with E-state index in [1.807, 2.05) is 0 Å². The van der Waals surface area contributed by atoms with E-state index < -0.39 is 4.92 Å². The van der Waals surface area contributed by atoms with Crippen LogP contribution in [-0.2, 0) is 4.79 Å². The van der Waals surface area contributed by atoms with Crippen LogP contribution < -0.4 is 5.32 Å². The number of carbonyl (C=O) groups excluding carboxylic acids is 1. The Morgan fingerprint density at radius 3 is 2.88 bits per heavy atom. The first-order valence-corrected chi connectivity index (χ1v) is 9.61. The molecule has 9 heteroatoms. The van der Waals surface area contributed by atoms with Gasteiger partial charge in [-0.05, 0) is 18.9 Å². The first kappa shape index (κ1) is 18.4. The SMILES string of the molecule is O=C(CCSc1nnc(C2CCCCC2)o1)Nc1cccc([N+](=O)[O-])c1. The van der Waals surface area contributed by atoms with Crippen LogP contribution in [0.1, 0.15) is 50.3 Å². The van der Waals surface area contributed by atoms with Crippen LogP contribution in [0.2, 0.25) is 0 Å². The Balaban J connectivity index is 1.44. The molecule has 1 amide bonds. The van der Waals surface area contributed by atoms with Gasteiger partial charge in [0.05, 0.1) is 4.92 Å². The summed E-state index contributed by atoms with van der Waals surface area (Å²) in [6.07, 6.45) is 6.11. The van der Waals surface area contributed by atoms with Gasteiger partial charge in [-0.15, -0.1) is 10.2 Å². The number of nitro benzene ring substituents is 1. The number of carbonyl (C=O) groups is 1. The van der Waals surface area contributed by atoms with Crippen LogP contribution in [0.25, 0.3) is 0 Å². The van der Waals surface area contributed by atoms with Gasteiger partial charge in [-0.25, -0.2) is 0 Å². The van der Waals surface area contributed by atoms with Gasteiger partial charge in [0.1, 0.15) is 0 Å². The van der Waals surface area contributed by atoms with Gasteiger partial charge in [-0.3, -0.25) is 14.9 Å². The molecule has 0 bridgehead atoms. The smallest absolute Gasteiger partial charge is 0.276 e. The Bertz CT molecular complexity index is 774. The van der Waals surface area contributed by atoms with Crippen molar-refractivity contribution in [2.45, 2.75) is 49.7 Å². The van der Waals surface area contributed by atoms with Gasteiger partial charge in [0.15, 0.2) is 0 Å². The lowest BCUT2D eigenvalue weighted by Gasteiger charge is -2.17. The van der Waals surface area contributed by atoms with Crippen LogP contribution >= 0.6 is 11.8 Å². The third-order valence-corrected chi connectivity index (χ3v) is 5.09. The fraction of sp³-hybridized carbons (Fsp3) is 0.471. The summed E-state index contributed by atoms with van der Waals surface area (Å²) >= 11 is 1.34.